The molecule has 0 saturated heterocycles. The molecule has 150 valence electrons. The van der Waals surface area contributed by atoms with Gasteiger partial charge in [-0.1, -0.05) is 6.07 Å². The Kier molecular flexibility index (Phi) is 6.44. The normalized spacial score (nSPS) is 10.5. The van der Waals surface area contributed by atoms with Crippen LogP contribution in [0.2, 0.25) is 0 Å². The molecular weight excluding hydrogens is 362 g/mol. The minimum Gasteiger partial charge on any atom is -0.372 e. The number of hydrogen-bond donors (Lipinski definition) is 2. The van der Waals surface area contributed by atoms with Crippen LogP contribution < -0.4 is 15.5 Å². The second-order valence-electron chi connectivity index (χ2n) is 6.89. The van der Waals surface area contributed by atoms with Crippen LogP contribution in [-0.2, 0) is 0 Å². The van der Waals surface area contributed by atoms with E-state index in [1.165, 1.54) is 23.6 Å². The number of hydrogen-bond acceptors (Lipinski definition) is 5. The fraction of sp³-hybridized carbons (Fsp3) is 0.261. The van der Waals surface area contributed by atoms with Crippen LogP contribution >= 0.6 is 0 Å². The Morgan fingerprint density at radius 1 is 0.897 bits per heavy atom. The summed E-state index contributed by atoms with van der Waals surface area (Å²) in [7, 11) is 0. The van der Waals surface area contributed by atoms with Crippen molar-refractivity contribution in [3.8, 4) is 0 Å². The molecule has 0 radical (unpaired) electrons. The molecule has 0 aliphatic rings. The average Bonchev–Trinajstić information content (AvgIpc) is 2.73. The summed E-state index contributed by atoms with van der Waals surface area (Å²) in [5.74, 6) is 0.215. The Morgan fingerprint density at radius 2 is 1.52 bits per heavy atom. The molecule has 3 rings (SSSR count). The van der Waals surface area contributed by atoms with E-state index in [0.717, 1.165) is 30.0 Å². The number of aromatic nitrogens is 2. The molecule has 29 heavy (non-hydrogen) atoms. The molecule has 2 aromatic carbocycles. The summed E-state index contributed by atoms with van der Waals surface area (Å²) in [6.07, 6.45) is 3.05. The van der Waals surface area contributed by atoms with Crippen LogP contribution in [0.15, 0.2) is 54.9 Å². The monoisotopic (exact) mass is 389 g/mol. The predicted molar refractivity (Wildman–Crippen MR) is 119 cm³/mol. The molecule has 0 saturated carbocycles. The number of anilines is 4. The van der Waals surface area contributed by atoms with Gasteiger partial charge < -0.3 is 15.5 Å². The molecule has 6 heteroatoms. The molecule has 0 atom stereocenters. The maximum absolute atomic E-state index is 12.4. The van der Waals surface area contributed by atoms with Gasteiger partial charge in [-0.3, -0.25) is 4.79 Å². The number of benzene rings is 2. The van der Waals surface area contributed by atoms with Crippen molar-refractivity contribution in [2.45, 2.75) is 27.7 Å². The van der Waals surface area contributed by atoms with Crippen LogP contribution in [0.25, 0.3) is 0 Å². The number of nitrogens with zero attached hydrogens (tertiary/aromatic N) is 3. The van der Waals surface area contributed by atoms with Crippen molar-refractivity contribution >= 4 is 28.9 Å². The Balaban J connectivity index is 1.63. The largest absolute Gasteiger partial charge is 0.372 e. The summed E-state index contributed by atoms with van der Waals surface area (Å²) in [6.45, 7) is 10.3. The molecule has 0 aliphatic carbocycles. The predicted octanol–water partition coefficient (Wildman–Crippen LogP) is 4.94. The number of rotatable bonds is 7. The van der Waals surface area contributed by atoms with E-state index in [4.69, 9.17) is 0 Å². The molecule has 1 aromatic heterocycles. The molecule has 6 nitrogen and oxygen atoms in total. The summed E-state index contributed by atoms with van der Waals surface area (Å²) in [5, 5.41) is 6.04. The maximum Gasteiger partial charge on any atom is 0.258 e. The van der Waals surface area contributed by atoms with E-state index < -0.39 is 0 Å². The summed E-state index contributed by atoms with van der Waals surface area (Å²) in [4.78, 5) is 23.2. The molecule has 0 unspecified atom stereocenters. The van der Waals surface area contributed by atoms with E-state index in [9.17, 15) is 4.79 Å². The topological polar surface area (TPSA) is 70.2 Å². The van der Waals surface area contributed by atoms with Crippen LogP contribution in [0.1, 0.15) is 35.3 Å². The molecule has 0 fully saturated rings. The molecule has 0 aliphatic heterocycles. The average molecular weight is 390 g/mol. The Hall–Kier alpha value is -3.41. The molecule has 1 amide bonds. The lowest BCUT2D eigenvalue weighted by atomic mass is 10.1. The highest BCUT2D eigenvalue weighted by molar-refractivity contribution is 6.03. The van der Waals surface area contributed by atoms with Crippen molar-refractivity contribution < 1.29 is 4.79 Å². The van der Waals surface area contributed by atoms with Gasteiger partial charge in [0.1, 0.15) is 0 Å². The standard InChI is InChI=1S/C23H27N5O/c1-5-28(6-2)21-11-9-19(10-12-21)27-23-24-14-18(15-25-23)22(29)26-20-8-7-16(3)17(4)13-20/h7-15H,5-6H2,1-4H3,(H,26,29)(H,24,25,27). The zero-order valence-corrected chi connectivity index (χ0v) is 17.4. The third kappa shape index (κ3) is 5.10. The fourth-order valence-corrected chi connectivity index (χ4v) is 3.01. The van der Waals surface area contributed by atoms with Gasteiger partial charge >= 0.3 is 0 Å². The number of carbonyl (C=O) groups excluding carboxylic acids is 1. The van der Waals surface area contributed by atoms with Gasteiger partial charge in [0, 0.05) is 42.5 Å². The van der Waals surface area contributed by atoms with E-state index in [1.807, 2.05) is 44.2 Å². The van der Waals surface area contributed by atoms with Gasteiger partial charge in [-0.15, -0.1) is 0 Å². The summed E-state index contributed by atoms with van der Waals surface area (Å²) < 4.78 is 0. The second kappa shape index (κ2) is 9.19. The lowest BCUT2D eigenvalue weighted by Gasteiger charge is -2.21. The lowest BCUT2D eigenvalue weighted by molar-refractivity contribution is 0.102. The van der Waals surface area contributed by atoms with E-state index >= 15 is 0 Å². The van der Waals surface area contributed by atoms with Crippen molar-refractivity contribution in [1.82, 2.24) is 9.97 Å². The molecule has 2 N–H and O–H groups in total. The number of carbonyl (C=O) groups is 1. The van der Waals surface area contributed by atoms with E-state index in [2.05, 4.69) is 51.5 Å². The molecule has 1 heterocycles. The summed E-state index contributed by atoms with van der Waals surface area (Å²) >= 11 is 0. The van der Waals surface area contributed by atoms with Gasteiger partial charge in [-0.05, 0) is 75.2 Å². The highest BCUT2D eigenvalue weighted by Crippen LogP contribution is 2.20. The van der Waals surface area contributed by atoms with Crippen LogP contribution in [0.4, 0.5) is 23.0 Å². The molecule has 0 spiro atoms. The van der Waals surface area contributed by atoms with Crippen molar-refractivity contribution in [3.63, 3.8) is 0 Å². The van der Waals surface area contributed by atoms with Crippen LogP contribution in [0.5, 0.6) is 0 Å². The third-order valence-electron chi connectivity index (χ3n) is 4.93. The SMILES string of the molecule is CCN(CC)c1ccc(Nc2ncc(C(=O)Nc3ccc(C)c(C)c3)cn2)cc1. The van der Waals surface area contributed by atoms with Gasteiger partial charge in [0.05, 0.1) is 5.56 Å². The van der Waals surface area contributed by atoms with Gasteiger partial charge in [-0.2, -0.15) is 0 Å². The van der Waals surface area contributed by atoms with E-state index in [1.54, 1.807) is 0 Å². The Bertz CT molecular complexity index is 964. The van der Waals surface area contributed by atoms with E-state index in [0.29, 0.717) is 11.5 Å². The first-order valence-electron chi connectivity index (χ1n) is 9.82. The first kappa shape index (κ1) is 20.3. The number of aryl methyl sites for hydroxylation is 2. The zero-order chi connectivity index (χ0) is 20.8. The Labute approximate surface area is 172 Å². The zero-order valence-electron chi connectivity index (χ0n) is 17.4. The molecular formula is C23H27N5O. The fourth-order valence-electron chi connectivity index (χ4n) is 3.01. The van der Waals surface area contributed by atoms with Crippen LogP contribution in [0, 0.1) is 13.8 Å². The Morgan fingerprint density at radius 3 is 2.10 bits per heavy atom. The first-order valence-corrected chi connectivity index (χ1v) is 9.82. The van der Waals surface area contributed by atoms with Gasteiger partial charge in [0.15, 0.2) is 0 Å². The van der Waals surface area contributed by atoms with Crippen molar-refractivity contribution in [2.24, 2.45) is 0 Å². The number of amides is 1. The van der Waals surface area contributed by atoms with Gasteiger partial charge in [0.25, 0.3) is 5.91 Å². The number of nitrogens with one attached hydrogen (secondary N) is 2. The van der Waals surface area contributed by atoms with Gasteiger partial charge in [0.2, 0.25) is 5.95 Å². The molecule has 3 aromatic rings. The van der Waals surface area contributed by atoms with Crippen LogP contribution in [-0.4, -0.2) is 29.0 Å². The summed E-state index contributed by atoms with van der Waals surface area (Å²) in [6, 6.07) is 14.0. The van der Waals surface area contributed by atoms with Crippen molar-refractivity contribution in [1.29, 1.82) is 0 Å². The highest BCUT2D eigenvalue weighted by Gasteiger charge is 2.09. The van der Waals surface area contributed by atoms with Gasteiger partial charge in [-0.25, -0.2) is 9.97 Å². The lowest BCUT2D eigenvalue weighted by Crippen LogP contribution is -2.21. The minimum absolute atomic E-state index is 0.233. The van der Waals surface area contributed by atoms with Crippen molar-refractivity contribution in [2.75, 3.05) is 28.6 Å². The molecule has 0 bridgehead atoms. The minimum atomic E-state index is -0.233. The van der Waals surface area contributed by atoms with E-state index in [-0.39, 0.29) is 5.91 Å². The van der Waals surface area contributed by atoms with Crippen molar-refractivity contribution in [3.05, 3.63) is 71.5 Å². The van der Waals surface area contributed by atoms with Crippen LogP contribution in [0.3, 0.4) is 0 Å². The smallest absolute Gasteiger partial charge is 0.258 e. The quantitative estimate of drug-likeness (QED) is 0.599. The second-order valence-corrected chi connectivity index (χ2v) is 6.89. The summed E-state index contributed by atoms with van der Waals surface area (Å²) in [5.41, 5.74) is 5.56. The first-order chi connectivity index (χ1) is 14.0. The third-order valence-corrected chi connectivity index (χ3v) is 4.93. The highest BCUT2D eigenvalue weighted by atomic mass is 16.1. The maximum atomic E-state index is 12.4.